The van der Waals surface area contributed by atoms with Crippen molar-refractivity contribution in [1.29, 1.82) is 0 Å². The van der Waals surface area contributed by atoms with Gasteiger partial charge in [-0.05, 0) is 55.0 Å². The number of hydrogen-bond donors (Lipinski definition) is 1. The second-order valence-electron chi connectivity index (χ2n) is 6.84. The van der Waals surface area contributed by atoms with Crippen LogP contribution in [-0.2, 0) is 12.8 Å². The fraction of sp³-hybridized carbons (Fsp3) is 0.455. The average Bonchev–Trinajstić information content (AvgIpc) is 2.67. The van der Waals surface area contributed by atoms with Crippen molar-refractivity contribution in [2.45, 2.75) is 44.7 Å². The Morgan fingerprint density at radius 1 is 1.16 bits per heavy atom. The summed E-state index contributed by atoms with van der Waals surface area (Å²) in [4.78, 5) is 2.51. The van der Waals surface area contributed by atoms with E-state index >= 15 is 0 Å². The molecule has 2 aromatic rings. The van der Waals surface area contributed by atoms with E-state index in [-0.39, 0.29) is 12.6 Å². The maximum atomic E-state index is 10.1. The van der Waals surface area contributed by atoms with E-state index in [0.717, 1.165) is 38.0 Å². The molecule has 2 unspecified atom stereocenters. The highest BCUT2D eigenvalue weighted by molar-refractivity contribution is 5.42. The fourth-order valence-corrected chi connectivity index (χ4v) is 4.16. The predicted molar refractivity (Wildman–Crippen MR) is 102 cm³/mol. The first-order valence-electron chi connectivity index (χ1n) is 9.34. The molecule has 0 aliphatic heterocycles. The van der Waals surface area contributed by atoms with Gasteiger partial charge in [0, 0.05) is 6.04 Å². The summed E-state index contributed by atoms with van der Waals surface area (Å²) in [6.07, 6.45) is 4.26. The molecule has 0 saturated carbocycles. The molecule has 3 nitrogen and oxygen atoms in total. The molecule has 0 radical (unpaired) electrons. The molecule has 25 heavy (non-hydrogen) atoms. The molecule has 0 bridgehead atoms. The largest absolute Gasteiger partial charge is 0.496 e. The molecule has 0 amide bonds. The van der Waals surface area contributed by atoms with Gasteiger partial charge in [-0.15, -0.1) is 0 Å². The summed E-state index contributed by atoms with van der Waals surface area (Å²) in [7, 11) is 1.75. The Hall–Kier alpha value is -1.84. The van der Waals surface area contributed by atoms with Crippen LogP contribution in [0.25, 0.3) is 0 Å². The molecule has 1 N–H and O–H groups in total. The first kappa shape index (κ1) is 18.0. The van der Waals surface area contributed by atoms with Crippen LogP contribution in [0, 0.1) is 0 Å². The monoisotopic (exact) mass is 339 g/mol. The van der Waals surface area contributed by atoms with Gasteiger partial charge in [-0.1, -0.05) is 49.4 Å². The fourth-order valence-electron chi connectivity index (χ4n) is 4.16. The molecule has 0 saturated heterocycles. The lowest BCUT2D eigenvalue weighted by Crippen LogP contribution is -2.43. The van der Waals surface area contributed by atoms with Gasteiger partial charge in [0.05, 0.1) is 19.8 Å². The molecule has 1 aliphatic rings. The summed E-state index contributed by atoms with van der Waals surface area (Å²) in [5.41, 5.74) is 3.95. The Morgan fingerprint density at radius 3 is 2.64 bits per heavy atom. The SMILES string of the molecule is CCCN(C1CCc2c(cccc2OC)C1)C(CO)c1ccccc1. The van der Waals surface area contributed by atoms with Crippen LogP contribution in [-0.4, -0.2) is 36.3 Å². The molecule has 3 rings (SSSR count). The van der Waals surface area contributed by atoms with Crippen molar-refractivity contribution in [2.75, 3.05) is 20.3 Å². The summed E-state index contributed by atoms with van der Waals surface area (Å²) in [6.45, 7) is 3.38. The number of methoxy groups -OCH3 is 1. The van der Waals surface area contributed by atoms with E-state index in [0.29, 0.717) is 6.04 Å². The second-order valence-corrected chi connectivity index (χ2v) is 6.84. The van der Waals surface area contributed by atoms with E-state index in [1.165, 1.54) is 16.7 Å². The highest BCUT2D eigenvalue weighted by Crippen LogP contribution is 2.34. The zero-order chi connectivity index (χ0) is 17.6. The number of nitrogens with zero attached hydrogens (tertiary/aromatic N) is 1. The van der Waals surface area contributed by atoms with Crippen molar-refractivity contribution in [3.63, 3.8) is 0 Å². The number of hydrogen-bond acceptors (Lipinski definition) is 3. The first-order chi connectivity index (χ1) is 12.3. The van der Waals surface area contributed by atoms with Gasteiger partial charge in [-0.25, -0.2) is 0 Å². The number of ether oxygens (including phenoxy) is 1. The molecule has 0 aromatic heterocycles. The molecule has 3 heteroatoms. The normalized spacial score (nSPS) is 18.0. The zero-order valence-electron chi connectivity index (χ0n) is 15.3. The van der Waals surface area contributed by atoms with Crippen molar-refractivity contribution >= 4 is 0 Å². The predicted octanol–water partition coefficient (Wildman–Crippen LogP) is 4.00. The number of aliphatic hydroxyl groups is 1. The van der Waals surface area contributed by atoms with Crippen LogP contribution in [0.1, 0.15) is 42.5 Å². The number of benzene rings is 2. The smallest absolute Gasteiger partial charge is 0.122 e. The molecule has 2 atom stereocenters. The van der Waals surface area contributed by atoms with Gasteiger partial charge >= 0.3 is 0 Å². The third-order valence-electron chi connectivity index (χ3n) is 5.34. The van der Waals surface area contributed by atoms with E-state index in [2.05, 4.69) is 54.3 Å². The minimum Gasteiger partial charge on any atom is -0.496 e. The van der Waals surface area contributed by atoms with Gasteiger partial charge in [0.2, 0.25) is 0 Å². The minimum absolute atomic E-state index is 0.0679. The number of aliphatic hydroxyl groups excluding tert-OH is 1. The lowest BCUT2D eigenvalue weighted by Gasteiger charge is -2.40. The average molecular weight is 339 g/mol. The van der Waals surface area contributed by atoms with Crippen molar-refractivity contribution in [3.8, 4) is 5.75 Å². The molecular formula is C22H29NO2. The van der Waals surface area contributed by atoms with Crippen LogP contribution in [0.3, 0.4) is 0 Å². The molecule has 0 fully saturated rings. The third-order valence-corrected chi connectivity index (χ3v) is 5.34. The Morgan fingerprint density at radius 2 is 1.96 bits per heavy atom. The Bertz CT molecular complexity index is 671. The maximum absolute atomic E-state index is 10.1. The van der Waals surface area contributed by atoms with E-state index in [1.807, 2.05) is 6.07 Å². The molecule has 0 spiro atoms. The lowest BCUT2D eigenvalue weighted by molar-refractivity contribution is 0.0746. The number of rotatable bonds is 7. The minimum atomic E-state index is 0.0679. The van der Waals surface area contributed by atoms with Crippen LogP contribution in [0.15, 0.2) is 48.5 Å². The van der Waals surface area contributed by atoms with Crippen molar-refractivity contribution in [1.82, 2.24) is 4.90 Å². The van der Waals surface area contributed by atoms with Gasteiger partial charge in [-0.2, -0.15) is 0 Å². The van der Waals surface area contributed by atoms with E-state index in [9.17, 15) is 5.11 Å². The summed E-state index contributed by atoms with van der Waals surface area (Å²) in [5.74, 6) is 1.01. The quantitative estimate of drug-likeness (QED) is 0.828. The molecular weight excluding hydrogens is 310 g/mol. The Labute approximate surface area is 151 Å². The standard InChI is InChI=1S/C22H29NO2/c1-3-14-23(21(16-24)17-8-5-4-6-9-17)19-12-13-20-18(15-19)10-7-11-22(20)25-2/h4-11,19,21,24H,3,12-16H2,1-2H3. The van der Waals surface area contributed by atoms with Gasteiger partial charge in [0.1, 0.15) is 5.75 Å². The maximum Gasteiger partial charge on any atom is 0.122 e. The van der Waals surface area contributed by atoms with Crippen molar-refractivity contribution in [3.05, 3.63) is 65.2 Å². The molecule has 134 valence electrons. The van der Waals surface area contributed by atoms with Crippen LogP contribution in [0.2, 0.25) is 0 Å². The van der Waals surface area contributed by atoms with Gasteiger partial charge in [0.15, 0.2) is 0 Å². The molecule has 1 aliphatic carbocycles. The first-order valence-corrected chi connectivity index (χ1v) is 9.34. The van der Waals surface area contributed by atoms with Crippen LogP contribution in [0.5, 0.6) is 5.75 Å². The lowest BCUT2D eigenvalue weighted by atomic mass is 9.85. The van der Waals surface area contributed by atoms with Crippen molar-refractivity contribution < 1.29 is 9.84 Å². The highest BCUT2D eigenvalue weighted by atomic mass is 16.5. The summed E-state index contributed by atoms with van der Waals surface area (Å²) in [6, 6.07) is 17.3. The van der Waals surface area contributed by atoms with Gasteiger partial charge in [-0.3, -0.25) is 4.90 Å². The van der Waals surface area contributed by atoms with E-state index in [1.54, 1.807) is 7.11 Å². The zero-order valence-corrected chi connectivity index (χ0v) is 15.3. The van der Waals surface area contributed by atoms with Gasteiger partial charge in [0.25, 0.3) is 0 Å². The summed E-state index contributed by atoms with van der Waals surface area (Å²) in [5, 5.41) is 10.1. The Kier molecular flexibility index (Phi) is 6.11. The highest BCUT2D eigenvalue weighted by Gasteiger charge is 2.30. The van der Waals surface area contributed by atoms with Crippen LogP contribution >= 0.6 is 0 Å². The van der Waals surface area contributed by atoms with Crippen LogP contribution < -0.4 is 4.74 Å². The number of fused-ring (bicyclic) bond motifs is 1. The Balaban J connectivity index is 1.86. The van der Waals surface area contributed by atoms with Crippen molar-refractivity contribution in [2.24, 2.45) is 0 Å². The molecule has 0 heterocycles. The molecule has 2 aromatic carbocycles. The topological polar surface area (TPSA) is 32.7 Å². The van der Waals surface area contributed by atoms with Crippen LogP contribution in [0.4, 0.5) is 0 Å². The summed E-state index contributed by atoms with van der Waals surface area (Å²) >= 11 is 0. The summed E-state index contributed by atoms with van der Waals surface area (Å²) < 4.78 is 5.54. The van der Waals surface area contributed by atoms with Gasteiger partial charge < -0.3 is 9.84 Å². The second kappa shape index (κ2) is 8.50. The third kappa shape index (κ3) is 3.88. The van der Waals surface area contributed by atoms with E-state index < -0.39 is 0 Å². The van der Waals surface area contributed by atoms with E-state index in [4.69, 9.17) is 4.74 Å².